The first-order valence-electron chi connectivity index (χ1n) is 7.65. The molecule has 0 spiro atoms. The van der Waals surface area contributed by atoms with Crippen molar-refractivity contribution in [2.24, 2.45) is 0 Å². The normalized spacial score (nSPS) is 19.1. The van der Waals surface area contributed by atoms with Crippen LogP contribution >= 0.6 is 0 Å². The Kier molecular flexibility index (Phi) is 5.08. The Bertz CT molecular complexity index is 691. The van der Waals surface area contributed by atoms with E-state index in [1.54, 1.807) is 12.1 Å². The summed E-state index contributed by atoms with van der Waals surface area (Å²) in [5.74, 6) is -0.0317. The van der Waals surface area contributed by atoms with E-state index in [1.165, 1.54) is 0 Å². The molecule has 0 aliphatic carbocycles. The Morgan fingerprint density at radius 2 is 1.71 bits per heavy atom. The van der Waals surface area contributed by atoms with Crippen LogP contribution in [-0.2, 0) is 20.9 Å². The summed E-state index contributed by atoms with van der Waals surface area (Å²) in [5, 5.41) is 5.25. The lowest BCUT2D eigenvalue weighted by molar-refractivity contribution is -0.152. The van der Waals surface area contributed by atoms with E-state index < -0.39 is 12.3 Å². The second-order valence-corrected chi connectivity index (χ2v) is 5.37. The molecule has 2 aromatic rings. The molecule has 6 heteroatoms. The van der Waals surface area contributed by atoms with Gasteiger partial charge < -0.3 is 20.1 Å². The summed E-state index contributed by atoms with van der Waals surface area (Å²) in [6, 6.07) is 17.9. The van der Waals surface area contributed by atoms with E-state index in [0.29, 0.717) is 12.4 Å². The lowest BCUT2D eigenvalue weighted by Crippen LogP contribution is -2.70. The van der Waals surface area contributed by atoms with E-state index in [9.17, 15) is 9.59 Å². The van der Waals surface area contributed by atoms with Crippen LogP contribution in [-0.4, -0.2) is 30.7 Å². The summed E-state index contributed by atoms with van der Waals surface area (Å²) in [6.07, 6.45) is -0.529. The van der Waals surface area contributed by atoms with E-state index >= 15 is 0 Å². The van der Waals surface area contributed by atoms with Crippen molar-refractivity contribution in [3.63, 3.8) is 0 Å². The highest BCUT2D eigenvalue weighted by Crippen LogP contribution is 2.12. The van der Waals surface area contributed by atoms with Crippen LogP contribution in [0.15, 0.2) is 60.7 Å². The number of carbonyl (C=O) groups excluding carboxylic acids is 2. The van der Waals surface area contributed by atoms with Crippen LogP contribution < -0.4 is 15.4 Å². The second-order valence-electron chi connectivity index (χ2n) is 5.37. The first-order valence-corrected chi connectivity index (χ1v) is 7.65. The predicted octanol–water partition coefficient (Wildman–Crippen LogP) is 1.22. The molecule has 2 N–H and O–H groups in total. The number of amides is 2. The van der Waals surface area contributed by atoms with Crippen LogP contribution in [0.5, 0.6) is 5.75 Å². The molecule has 3 rings (SSSR count). The molecule has 2 amide bonds. The Morgan fingerprint density at radius 1 is 1.04 bits per heavy atom. The monoisotopic (exact) mass is 326 g/mol. The van der Waals surface area contributed by atoms with Crippen molar-refractivity contribution in [2.45, 2.75) is 18.9 Å². The molecule has 2 atom stereocenters. The average Bonchev–Trinajstić information content (AvgIpc) is 2.63. The fraction of sp³-hybridized carbons (Fsp3) is 0.222. The molecule has 24 heavy (non-hydrogen) atoms. The molecule has 124 valence electrons. The zero-order valence-corrected chi connectivity index (χ0v) is 13.0. The Morgan fingerprint density at radius 3 is 2.38 bits per heavy atom. The number of hydrogen-bond acceptors (Lipinski definition) is 4. The third-order valence-corrected chi connectivity index (χ3v) is 3.57. The molecule has 0 aromatic heterocycles. The summed E-state index contributed by atoms with van der Waals surface area (Å²) in [7, 11) is 0. The lowest BCUT2D eigenvalue weighted by Gasteiger charge is -2.36. The molecule has 6 nitrogen and oxygen atoms in total. The summed E-state index contributed by atoms with van der Waals surface area (Å²) in [6.45, 7) is 0.206. The van der Waals surface area contributed by atoms with Crippen molar-refractivity contribution >= 4 is 11.8 Å². The highest BCUT2D eigenvalue weighted by atomic mass is 16.5. The van der Waals surface area contributed by atoms with E-state index in [-0.39, 0.29) is 18.4 Å². The molecule has 1 saturated heterocycles. The van der Waals surface area contributed by atoms with Gasteiger partial charge >= 0.3 is 0 Å². The Hall–Kier alpha value is -2.86. The van der Waals surface area contributed by atoms with Gasteiger partial charge in [0.2, 0.25) is 5.91 Å². The van der Waals surface area contributed by atoms with Crippen LogP contribution in [0.25, 0.3) is 0 Å². The maximum Gasteiger partial charge on any atom is 0.258 e. The quantitative estimate of drug-likeness (QED) is 0.750. The van der Waals surface area contributed by atoms with Gasteiger partial charge in [-0.25, -0.2) is 0 Å². The lowest BCUT2D eigenvalue weighted by atomic mass is 10.1. The number of rotatable bonds is 7. The van der Waals surface area contributed by atoms with E-state index in [0.717, 1.165) is 5.56 Å². The molecule has 0 saturated carbocycles. The second kappa shape index (κ2) is 7.61. The smallest absolute Gasteiger partial charge is 0.258 e. The van der Waals surface area contributed by atoms with Crippen molar-refractivity contribution in [3.05, 3.63) is 66.2 Å². The maximum absolute atomic E-state index is 11.9. The summed E-state index contributed by atoms with van der Waals surface area (Å²) < 4.78 is 11.0. The number of carbonyl (C=O) groups is 2. The fourth-order valence-corrected chi connectivity index (χ4v) is 2.27. The molecule has 0 unspecified atom stereocenters. The topological polar surface area (TPSA) is 76.7 Å². The number of para-hydroxylation sites is 1. The van der Waals surface area contributed by atoms with E-state index in [1.807, 2.05) is 48.5 Å². The summed E-state index contributed by atoms with van der Waals surface area (Å²) >= 11 is 0. The first-order chi connectivity index (χ1) is 11.7. The van der Waals surface area contributed by atoms with Crippen LogP contribution in [0.4, 0.5) is 0 Å². The van der Waals surface area contributed by atoms with Crippen LogP contribution in [0.1, 0.15) is 5.56 Å². The third-order valence-electron chi connectivity index (χ3n) is 3.57. The van der Waals surface area contributed by atoms with Crippen molar-refractivity contribution in [3.8, 4) is 5.75 Å². The largest absolute Gasteiger partial charge is 0.484 e. The first kappa shape index (κ1) is 16.0. The maximum atomic E-state index is 11.9. The van der Waals surface area contributed by atoms with Gasteiger partial charge in [-0.2, -0.15) is 0 Å². The molecule has 0 radical (unpaired) electrons. The molecule has 1 fully saturated rings. The van der Waals surface area contributed by atoms with E-state index in [4.69, 9.17) is 9.47 Å². The van der Waals surface area contributed by atoms with Gasteiger partial charge in [0.05, 0.1) is 6.61 Å². The summed E-state index contributed by atoms with van der Waals surface area (Å²) in [4.78, 5) is 23.5. The summed E-state index contributed by atoms with van der Waals surface area (Å²) in [5.41, 5.74) is 0.996. The van der Waals surface area contributed by atoms with Crippen molar-refractivity contribution < 1.29 is 19.1 Å². The number of hydrogen-bond donors (Lipinski definition) is 2. The van der Waals surface area contributed by atoms with Gasteiger partial charge in [0.15, 0.2) is 18.9 Å². The molecular formula is C18H18N2O4. The van der Waals surface area contributed by atoms with Crippen LogP contribution in [0, 0.1) is 0 Å². The molecular weight excluding hydrogens is 308 g/mol. The van der Waals surface area contributed by atoms with Gasteiger partial charge in [-0.1, -0.05) is 48.5 Å². The Balaban J connectivity index is 1.44. The molecule has 0 bridgehead atoms. The minimum absolute atomic E-state index is 0.154. The van der Waals surface area contributed by atoms with Gasteiger partial charge in [-0.15, -0.1) is 0 Å². The highest BCUT2D eigenvalue weighted by molar-refractivity contribution is 5.93. The van der Waals surface area contributed by atoms with Gasteiger partial charge in [0, 0.05) is 0 Å². The van der Waals surface area contributed by atoms with Gasteiger partial charge in [0.1, 0.15) is 5.75 Å². The number of nitrogens with one attached hydrogen (secondary N) is 2. The zero-order chi connectivity index (χ0) is 16.8. The highest BCUT2D eigenvalue weighted by Gasteiger charge is 2.41. The van der Waals surface area contributed by atoms with E-state index in [2.05, 4.69) is 10.6 Å². The molecule has 1 aliphatic heterocycles. The molecule has 2 aromatic carbocycles. The van der Waals surface area contributed by atoms with Gasteiger partial charge in [-0.05, 0) is 17.7 Å². The SMILES string of the molecule is O=C(COc1ccccc1)N[C@@H]1C(=O)N[C@@H]1OCc1ccccc1. The average molecular weight is 326 g/mol. The van der Waals surface area contributed by atoms with Gasteiger partial charge in [0.25, 0.3) is 5.91 Å². The van der Waals surface area contributed by atoms with Gasteiger partial charge in [-0.3, -0.25) is 9.59 Å². The number of β-lactam (4-membered cyclic amide) rings is 1. The standard InChI is InChI=1S/C18H18N2O4/c21-15(12-23-14-9-5-2-6-10-14)19-16-17(22)20-18(16)24-11-13-7-3-1-4-8-13/h1-10,16,18H,11-12H2,(H,19,21)(H,20,22)/t16-,18-/m1/s1. The zero-order valence-electron chi connectivity index (χ0n) is 13.0. The van der Waals surface area contributed by atoms with Crippen molar-refractivity contribution in [1.82, 2.24) is 10.6 Å². The molecule has 1 heterocycles. The van der Waals surface area contributed by atoms with Crippen molar-refractivity contribution in [2.75, 3.05) is 6.61 Å². The molecule has 1 aliphatic rings. The number of benzene rings is 2. The predicted molar refractivity (Wildman–Crippen MR) is 87.0 cm³/mol. The minimum Gasteiger partial charge on any atom is -0.484 e. The van der Waals surface area contributed by atoms with Crippen LogP contribution in [0.3, 0.4) is 0 Å². The number of ether oxygens (including phenoxy) is 2. The van der Waals surface area contributed by atoms with Crippen molar-refractivity contribution in [1.29, 1.82) is 0 Å². The minimum atomic E-state index is -0.694. The fourth-order valence-electron chi connectivity index (χ4n) is 2.27. The third kappa shape index (κ3) is 4.11. The van der Waals surface area contributed by atoms with Crippen LogP contribution in [0.2, 0.25) is 0 Å². The Labute approximate surface area is 139 Å².